The standard InChI is InChI=1S/C8H2F16O3S/c9-1(3(11,12)13)2(10,28(25,26)27)4(14,15)5(16,17)6(18,19)7(20,21)8(22,23)24/h1H,(H,25,26,27)/p-1. The van der Waals surface area contributed by atoms with Crippen LogP contribution < -0.4 is 0 Å². The SMILES string of the molecule is O=S(=O)([O-])C(F)(C(F)C(F)(F)F)C(F)(F)C(F)(F)C(F)(F)C(F)(F)C(F)(F)F. The highest BCUT2D eigenvalue weighted by Gasteiger charge is 2.93. The van der Waals surface area contributed by atoms with E-state index in [0.29, 0.717) is 0 Å². The average molecular weight is 481 g/mol. The third kappa shape index (κ3) is 3.34. The second kappa shape index (κ2) is 6.39. The second-order valence-electron chi connectivity index (χ2n) is 4.80. The molecule has 20 heteroatoms. The molecule has 170 valence electrons. The van der Waals surface area contributed by atoms with Crippen LogP contribution >= 0.6 is 0 Å². The Morgan fingerprint density at radius 2 is 0.857 bits per heavy atom. The van der Waals surface area contributed by atoms with Crippen molar-refractivity contribution in [1.29, 1.82) is 0 Å². The van der Waals surface area contributed by atoms with Crippen LogP contribution in [0.5, 0.6) is 0 Å². The molecule has 0 aromatic rings. The average Bonchev–Trinajstić information content (AvgIpc) is 2.41. The molecular weight excluding hydrogens is 480 g/mol. The molecule has 0 amide bonds. The van der Waals surface area contributed by atoms with Crippen molar-refractivity contribution in [3.63, 3.8) is 0 Å². The van der Waals surface area contributed by atoms with Crippen molar-refractivity contribution in [1.82, 2.24) is 0 Å². The van der Waals surface area contributed by atoms with Gasteiger partial charge in [-0.05, 0) is 0 Å². The van der Waals surface area contributed by atoms with Gasteiger partial charge in [-0.3, -0.25) is 0 Å². The Balaban J connectivity index is 7.06. The Labute approximate surface area is 142 Å². The van der Waals surface area contributed by atoms with Gasteiger partial charge in [-0.2, -0.15) is 61.5 Å². The Morgan fingerprint density at radius 1 is 0.571 bits per heavy atom. The highest BCUT2D eigenvalue weighted by atomic mass is 32.2. The van der Waals surface area contributed by atoms with E-state index in [2.05, 4.69) is 0 Å². The van der Waals surface area contributed by atoms with Crippen LogP contribution in [0.2, 0.25) is 0 Å². The summed E-state index contributed by atoms with van der Waals surface area (Å²) in [5.74, 6) is -34.1. The van der Waals surface area contributed by atoms with Crippen molar-refractivity contribution in [3.8, 4) is 0 Å². The van der Waals surface area contributed by atoms with Crippen LogP contribution in [0.25, 0.3) is 0 Å². The summed E-state index contributed by atoms with van der Waals surface area (Å²) in [6.45, 7) is 0. The number of hydrogen-bond donors (Lipinski definition) is 0. The molecule has 0 radical (unpaired) electrons. The first-order chi connectivity index (χ1) is 11.7. The summed E-state index contributed by atoms with van der Waals surface area (Å²) in [5, 5.41) is -7.98. The van der Waals surface area contributed by atoms with Gasteiger partial charge < -0.3 is 4.55 Å². The molecule has 0 saturated heterocycles. The van der Waals surface area contributed by atoms with Crippen molar-refractivity contribution in [2.75, 3.05) is 0 Å². The molecule has 0 rings (SSSR count). The number of halogens is 16. The quantitative estimate of drug-likeness (QED) is 0.423. The first kappa shape index (κ1) is 26.8. The minimum Gasteiger partial charge on any atom is -0.745 e. The van der Waals surface area contributed by atoms with Crippen molar-refractivity contribution in [2.24, 2.45) is 0 Å². The third-order valence-electron chi connectivity index (χ3n) is 2.94. The van der Waals surface area contributed by atoms with Crippen LogP contribution in [0.4, 0.5) is 70.2 Å². The van der Waals surface area contributed by atoms with Gasteiger partial charge in [0, 0.05) is 0 Å². The second-order valence-corrected chi connectivity index (χ2v) is 6.30. The van der Waals surface area contributed by atoms with E-state index in [-0.39, 0.29) is 0 Å². The highest BCUT2D eigenvalue weighted by molar-refractivity contribution is 7.87. The molecule has 3 nitrogen and oxygen atoms in total. The van der Waals surface area contributed by atoms with E-state index in [1.807, 2.05) is 0 Å². The summed E-state index contributed by atoms with van der Waals surface area (Å²) in [7, 11) is -8.43. The van der Waals surface area contributed by atoms with E-state index in [9.17, 15) is 83.2 Å². The van der Waals surface area contributed by atoms with Crippen LogP contribution in [-0.2, 0) is 10.1 Å². The molecule has 0 aliphatic rings. The topological polar surface area (TPSA) is 57.2 Å². The molecule has 2 atom stereocenters. The Kier molecular flexibility index (Phi) is 6.12. The van der Waals surface area contributed by atoms with E-state index in [4.69, 9.17) is 0 Å². The van der Waals surface area contributed by atoms with Crippen LogP contribution in [0, 0.1) is 0 Å². The lowest BCUT2D eigenvalue weighted by molar-refractivity contribution is -0.432. The number of hydrogen-bond acceptors (Lipinski definition) is 3. The summed E-state index contributed by atoms with van der Waals surface area (Å²) >= 11 is 0. The fraction of sp³-hybridized carbons (Fsp3) is 1.00. The molecule has 0 heterocycles. The van der Waals surface area contributed by atoms with Crippen LogP contribution in [0.15, 0.2) is 0 Å². The van der Waals surface area contributed by atoms with Crippen LogP contribution in [0.1, 0.15) is 0 Å². The summed E-state index contributed by atoms with van der Waals surface area (Å²) in [5.41, 5.74) is 0. The molecule has 0 aromatic heterocycles. The molecular formula is C8HF16O3S-. The molecule has 0 aliphatic heterocycles. The van der Waals surface area contributed by atoms with Gasteiger partial charge in [-0.25, -0.2) is 17.2 Å². The lowest BCUT2D eigenvalue weighted by atomic mass is 9.93. The fourth-order valence-corrected chi connectivity index (χ4v) is 2.27. The summed E-state index contributed by atoms with van der Waals surface area (Å²) in [4.78, 5) is 0. The minimum atomic E-state index is -8.71. The molecule has 2 unspecified atom stereocenters. The summed E-state index contributed by atoms with van der Waals surface area (Å²) in [6, 6.07) is 0. The van der Waals surface area contributed by atoms with E-state index >= 15 is 0 Å². The van der Waals surface area contributed by atoms with E-state index in [1.165, 1.54) is 0 Å². The summed E-state index contributed by atoms with van der Waals surface area (Å²) in [6.07, 6.45) is -21.7. The Hall–Kier alpha value is -1.21. The Morgan fingerprint density at radius 3 is 1.07 bits per heavy atom. The van der Waals surface area contributed by atoms with E-state index in [0.717, 1.165) is 0 Å². The van der Waals surface area contributed by atoms with Gasteiger partial charge in [-0.15, -0.1) is 0 Å². The van der Waals surface area contributed by atoms with Gasteiger partial charge in [0.05, 0.1) is 0 Å². The predicted molar refractivity (Wildman–Crippen MR) is 50.3 cm³/mol. The van der Waals surface area contributed by atoms with Gasteiger partial charge in [0.15, 0.2) is 0 Å². The largest absolute Gasteiger partial charge is 0.745 e. The van der Waals surface area contributed by atoms with Gasteiger partial charge in [0.2, 0.25) is 6.17 Å². The van der Waals surface area contributed by atoms with Crippen LogP contribution in [0.3, 0.4) is 0 Å². The normalized spacial score (nSPS) is 19.3. The number of alkyl halides is 16. The van der Waals surface area contributed by atoms with Crippen molar-refractivity contribution in [2.45, 2.75) is 47.2 Å². The van der Waals surface area contributed by atoms with E-state index in [1.54, 1.807) is 0 Å². The lowest BCUT2D eigenvalue weighted by Crippen LogP contribution is -2.74. The van der Waals surface area contributed by atoms with Crippen molar-refractivity contribution >= 4 is 10.1 Å². The lowest BCUT2D eigenvalue weighted by Gasteiger charge is -2.44. The number of rotatable bonds is 6. The van der Waals surface area contributed by atoms with Crippen molar-refractivity contribution in [3.05, 3.63) is 0 Å². The predicted octanol–water partition coefficient (Wildman–Crippen LogP) is 4.20. The fourth-order valence-electron chi connectivity index (χ4n) is 1.44. The first-order valence-corrected chi connectivity index (χ1v) is 6.99. The maximum absolute atomic E-state index is 13.6. The van der Waals surface area contributed by atoms with Gasteiger partial charge in [-0.1, -0.05) is 0 Å². The maximum atomic E-state index is 13.6. The molecule has 0 fully saturated rings. The van der Waals surface area contributed by atoms with Crippen molar-refractivity contribution < 1.29 is 83.2 Å². The van der Waals surface area contributed by atoms with E-state index < -0.39 is 57.3 Å². The third-order valence-corrected chi connectivity index (χ3v) is 4.14. The smallest absolute Gasteiger partial charge is 0.460 e. The zero-order valence-corrected chi connectivity index (χ0v) is 12.6. The first-order valence-electron chi connectivity index (χ1n) is 5.58. The molecule has 0 aromatic carbocycles. The molecule has 0 spiro atoms. The van der Waals surface area contributed by atoms with Crippen LogP contribution in [-0.4, -0.2) is 60.2 Å². The molecule has 0 saturated carbocycles. The maximum Gasteiger partial charge on any atom is 0.460 e. The zero-order chi connectivity index (χ0) is 23.6. The monoisotopic (exact) mass is 481 g/mol. The molecule has 0 bridgehead atoms. The Bertz CT molecular complexity index is 690. The highest BCUT2D eigenvalue weighted by Crippen LogP contribution is 2.62. The zero-order valence-electron chi connectivity index (χ0n) is 11.8. The van der Waals surface area contributed by atoms with Gasteiger partial charge in [0.25, 0.3) is 0 Å². The minimum absolute atomic E-state index is 6.57. The molecule has 0 aliphatic carbocycles. The molecule has 28 heavy (non-hydrogen) atoms. The van der Waals surface area contributed by atoms with Gasteiger partial charge >= 0.3 is 41.0 Å². The summed E-state index contributed by atoms with van der Waals surface area (Å²) < 4.78 is 232. The molecule has 0 N–H and O–H groups in total. The van der Waals surface area contributed by atoms with Gasteiger partial charge in [0.1, 0.15) is 10.1 Å².